The van der Waals surface area contributed by atoms with Crippen LogP contribution < -0.4 is 20.1 Å². The lowest BCUT2D eigenvalue weighted by atomic mass is 10.0. The van der Waals surface area contributed by atoms with Gasteiger partial charge in [-0.05, 0) is 62.2 Å². The van der Waals surface area contributed by atoms with Gasteiger partial charge in [0.1, 0.15) is 0 Å². The summed E-state index contributed by atoms with van der Waals surface area (Å²) in [7, 11) is 1.28. The average Bonchev–Trinajstić information content (AvgIpc) is 2.80. The Labute approximate surface area is 192 Å². The van der Waals surface area contributed by atoms with Crippen LogP contribution in [0.2, 0.25) is 0 Å². The van der Waals surface area contributed by atoms with Crippen LogP contribution in [0, 0.1) is 0 Å². The molecule has 1 saturated heterocycles. The van der Waals surface area contributed by atoms with Gasteiger partial charge in [-0.3, -0.25) is 14.5 Å². The molecule has 0 aliphatic carbocycles. The Bertz CT molecular complexity index is 953. The maximum absolute atomic E-state index is 12.4. The standard InChI is InChI=1S/C24H29F2N3O4/c1-16-5-3-4-12-29(16)15-17-6-9-19(10-7-17)28-22(30)14-27-23(31)18-8-11-20(33-24(25)26)21(13-18)32-2/h6-11,13,16,24H,3-5,12,14-15H2,1-2H3,(H,27,31)(H,28,30). The SMILES string of the molecule is COc1cc(C(=O)NCC(=O)Nc2ccc(CN3CCCCC3C)cc2)ccc1OC(F)F. The van der Waals surface area contributed by atoms with E-state index in [0.717, 1.165) is 13.1 Å². The van der Waals surface area contributed by atoms with Gasteiger partial charge in [0, 0.05) is 23.8 Å². The highest BCUT2D eigenvalue weighted by atomic mass is 19.3. The van der Waals surface area contributed by atoms with Crippen LogP contribution in [0.25, 0.3) is 0 Å². The van der Waals surface area contributed by atoms with Crippen LogP contribution in [-0.4, -0.2) is 49.6 Å². The third-order valence-electron chi connectivity index (χ3n) is 5.62. The van der Waals surface area contributed by atoms with Gasteiger partial charge in [0.25, 0.3) is 5.91 Å². The van der Waals surface area contributed by atoms with Gasteiger partial charge in [-0.15, -0.1) is 0 Å². The zero-order chi connectivity index (χ0) is 23.8. The summed E-state index contributed by atoms with van der Waals surface area (Å²) in [5, 5.41) is 5.25. The molecule has 0 spiro atoms. The van der Waals surface area contributed by atoms with E-state index in [0.29, 0.717) is 11.7 Å². The minimum absolute atomic E-state index is 0.00793. The van der Waals surface area contributed by atoms with E-state index in [1.807, 2.05) is 24.3 Å². The molecule has 0 bridgehead atoms. The number of hydrogen-bond acceptors (Lipinski definition) is 5. The number of amides is 2. The quantitative estimate of drug-likeness (QED) is 0.589. The molecule has 2 aromatic rings. The highest BCUT2D eigenvalue weighted by molar-refractivity contribution is 5.99. The van der Waals surface area contributed by atoms with Crippen molar-refractivity contribution in [3.63, 3.8) is 0 Å². The van der Waals surface area contributed by atoms with E-state index >= 15 is 0 Å². The van der Waals surface area contributed by atoms with E-state index in [2.05, 4.69) is 27.2 Å². The van der Waals surface area contributed by atoms with Crippen molar-refractivity contribution in [2.45, 2.75) is 45.4 Å². The fourth-order valence-corrected chi connectivity index (χ4v) is 3.79. The molecule has 3 rings (SSSR count). The van der Waals surface area contributed by atoms with E-state index in [-0.39, 0.29) is 29.5 Å². The van der Waals surface area contributed by atoms with Crippen molar-refractivity contribution in [1.29, 1.82) is 0 Å². The molecule has 1 atom stereocenters. The third-order valence-corrected chi connectivity index (χ3v) is 5.62. The van der Waals surface area contributed by atoms with Gasteiger partial charge in [0.2, 0.25) is 5.91 Å². The number of methoxy groups -OCH3 is 1. The molecule has 1 fully saturated rings. The first kappa shape index (κ1) is 24.4. The lowest BCUT2D eigenvalue weighted by Crippen LogP contribution is -2.36. The molecule has 2 aromatic carbocycles. The minimum Gasteiger partial charge on any atom is -0.493 e. The van der Waals surface area contributed by atoms with Crippen LogP contribution in [-0.2, 0) is 11.3 Å². The molecular weight excluding hydrogens is 432 g/mol. The summed E-state index contributed by atoms with van der Waals surface area (Å²) in [5.41, 5.74) is 1.97. The zero-order valence-corrected chi connectivity index (χ0v) is 18.8. The second kappa shape index (κ2) is 11.6. The molecule has 0 radical (unpaired) electrons. The molecule has 1 heterocycles. The highest BCUT2D eigenvalue weighted by Crippen LogP contribution is 2.29. The summed E-state index contributed by atoms with van der Waals surface area (Å²) in [6.07, 6.45) is 3.73. The Morgan fingerprint density at radius 2 is 1.88 bits per heavy atom. The van der Waals surface area contributed by atoms with Crippen molar-refractivity contribution in [3.8, 4) is 11.5 Å². The lowest BCUT2D eigenvalue weighted by molar-refractivity contribution is -0.115. The molecule has 1 aliphatic heterocycles. The smallest absolute Gasteiger partial charge is 0.387 e. The number of carbonyl (C=O) groups is 2. The van der Waals surface area contributed by atoms with E-state index < -0.39 is 12.5 Å². The van der Waals surface area contributed by atoms with E-state index in [1.54, 1.807) is 0 Å². The summed E-state index contributed by atoms with van der Waals surface area (Å²) in [5.74, 6) is -1.12. The molecule has 178 valence electrons. The zero-order valence-electron chi connectivity index (χ0n) is 18.8. The summed E-state index contributed by atoms with van der Waals surface area (Å²) in [6, 6.07) is 12.0. The number of nitrogens with zero attached hydrogens (tertiary/aromatic N) is 1. The Hall–Kier alpha value is -3.20. The Kier molecular flexibility index (Phi) is 8.59. The van der Waals surface area contributed by atoms with Gasteiger partial charge in [0.05, 0.1) is 13.7 Å². The van der Waals surface area contributed by atoms with Crippen LogP contribution in [0.4, 0.5) is 14.5 Å². The first-order chi connectivity index (χ1) is 15.9. The normalized spacial score (nSPS) is 16.3. The molecule has 1 unspecified atom stereocenters. The summed E-state index contributed by atoms with van der Waals surface area (Å²) in [6.45, 7) is 0.987. The van der Waals surface area contributed by atoms with Crippen molar-refractivity contribution in [3.05, 3.63) is 53.6 Å². The van der Waals surface area contributed by atoms with Gasteiger partial charge in [-0.1, -0.05) is 18.6 Å². The number of hydrogen-bond donors (Lipinski definition) is 2. The molecule has 7 nitrogen and oxygen atoms in total. The molecule has 0 aromatic heterocycles. The Balaban J connectivity index is 1.49. The topological polar surface area (TPSA) is 79.9 Å². The summed E-state index contributed by atoms with van der Waals surface area (Å²) < 4.78 is 34.2. The lowest BCUT2D eigenvalue weighted by Gasteiger charge is -2.33. The fourth-order valence-electron chi connectivity index (χ4n) is 3.79. The van der Waals surface area contributed by atoms with Crippen LogP contribution in [0.1, 0.15) is 42.1 Å². The molecular formula is C24H29F2N3O4. The summed E-state index contributed by atoms with van der Waals surface area (Å²) >= 11 is 0. The molecule has 9 heteroatoms. The summed E-state index contributed by atoms with van der Waals surface area (Å²) in [4.78, 5) is 27.0. The molecule has 2 amide bonds. The second-order valence-corrected chi connectivity index (χ2v) is 7.99. The van der Waals surface area contributed by atoms with Crippen molar-refractivity contribution in [2.24, 2.45) is 0 Å². The van der Waals surface area contributed by atoms with E-state index in [1.165, 1.54) is 50.1 Å². The Morgan fingerprint density at radius 1 is 1.12 bits per heavy atom. The number of rotatable bonds is 9. The van der Waals surface area contributed by atoms with Gasteiger partial charge >= 0.3 is 6.61 Å². The van der Waals surface area contributed by atoms with Crippen LogP contribution in [0.15, 0.2) is 42.5 Å². The van der Waals surface area contributed by atoms with Crippen molar-refractivity contribution >= 4 is 17.5 Å². The largest absolute Gasteiger partial charge is 0.493 e. The minimum atomic E-state index is -3.01. The van der Waals surface area contributed by atoms with Crippen LogP contribution in [0.5, 0.6) is 11.5 Å². The van der Waals surface area contributed by atoms with Crippen LogP contribution in [0.3, 0.4) is 0 Å². The van der Waals surface area contributed by atoms with E-state index in [9.17, 15) is 18.4 Å². The molecule has 0 saturated carbocycles. The monoisotopic (exact) mass is 461 g/mol. The van der Waals surface area contributed by atoms with Crippen molar-refractivity contribution in [2.75, 3.05) is 25.5 Å². The van der Waals surface area contributed by atoms with Gasteiger partial charge < -0.3 is 20.1 Å². The number of halogens is 2. The predicted molar refractivity (Wildman–Crippen MR) is 121 cm³/mol. The first-order valence-electron chi connectivity index (χ1n) is 10.9. The molecule has 1 aliphatic rings. The second-order valence-electron chi connectivity index (χ2n) is 7.99. The predicted octanol–water partition coefficient (Wildman–Crippen LogP) is 4.04. The third kappa shape index (κ3) is 7.15. The van der Waals surface area contributed by atoms with Crippen molar-refractivity contribution < 1.29 is 27.8 Å². The molecule has 33 heavy (non-hydrogen) atoms. The van der Waals surface area contributed by atoms with Gasteiger partial charge in [-0.25, -0.2) is 0 Å². The fraction of sp³-hybridized carbons (Fsp3) is 0.417. The maximum Gasteiger partial charge on any atom is 0.387 e. The average molecular weight is 462 g/mol. The maximum atomic E-state index is 12.4. The van der Waals surface area contributed by atoms with Crippen LogP contribution >= 0.6 is 0 Å². The first-order valence-corrected chi connectivity index (χ1v) is 10.9. The van der Waals surface area contributed by atoms with Crippen molar-refractivity contribution in [1.82, 2.24) is 10.2 Å². The Morgan fingerprint density at radius 3 is 2.55 bits per heavy atom. The number of piperidine rings is 1. The number of benzene rings is 2. The molecule has 2 N–H and O–H groups in total. The number of nitrogens with one attached hydrogen (secondary N) is 2. The van der Waals surface area contributed by atoms with Gasteiger partial charge in [0.15, 0.2) is 11.5 Å². The van der Waals surface area contributed by atoms with E-state index in [4.69, 9.17) is 4.74 Å². The number of likely N-dealkylation sites (tertiary alicyclic amines) is 1. The number of alkyl halides is 2. The number of ether oxygens (including phenoxy) is 2. The highest BCUT2D eigenvalue weighted by Gasteiger charge is 2.18. The van der Waals surface area contributed by atoms with Gasteiger partial charge in [-0.2, -0.15) is 8.78 Å². The number of carbonyl (C=O) groups excluding carboxylic acids is 2. The number of anilines is 1.